The van der Waals surface area contributed by atoms with Gasteiger partial charge in [0.1, 0.15) is 18.7 Å². The van der Waals surface area contributed by atoms with Crippen molar-refractivity contribution < 1.29 is 4.74 Å². The Kier molecular flexibility index (Phi) is 3.26. The Labute approximate surface area is 103 Å². The van der Waals surface area contributed by atoms with Gasteiger partial charge in [-0.05, 0) is 18.2 Å². The van der Waals surface area contributed by atoms with Crippen molar-refractivity contribution in [3.05, 3.63) is 40.9 Å². The van der Waals surface area contributed by atoms with E-state index in [0.717, 1.165) is 0 Å². The highest BCUT2D eigenvalue weighted by molar-refractivity contribution is 6.32. The van der Waals surface area contributed by atoms with E-state index in [1.54, 1.807) is 29.9 Å². The molecule has 86 valence electrons. The van der Waals surface area contributed by atoms with E-state index in [9.17, 15) is 0 Å². The first-order chi connectivity index (χ1) is 8.20. The molecule has 0 N–H and O–H groups in total. The predicted molar refractivity (Wildman–Crippen MR) is 61.5 cm³/mol. The highest BCUT2D eigenvalue weighted by atomic mass is 35.5. The summed E-state index contributed by atoms with van der Waals surface area (Å²) in [5.74, 6) is 1.22. The van der Waals surface area contributed by atoms with Gasteiger partial charge in [-0.2, -0.15) is 10.4 Å². The largest absolute Gasteiger partial charge is 0.484 e. The highest BCUT2D eigenvalue weighted by Crippen LogP contribution is 2.25. The number of hydrogen-bond donors (Lipinski definition) is 0. The van der Waals surface area contributed by atoms with Gasteiger partial charge in [0.25, 0.3) is 0 Å². The third-order valence-electron chi connectivity index (χ3n) is 2.22. The molecule has 0 aliphatic heterocycles. The Morgan fingerprint density at radius 1 is 1.53 bits per heavy atom. The number of ether oxygens (including phenoxy) is 1. The van der Waals surface area contributed by atoms with Gasteiger partial charge in [-0.15, -0.1) is 0 Å². The van der Waals surface area contributed by atoms with Gasteiger partial charge >= 0.3 is 0 Å². The monoisotopic (exact) mass is 248 g/mol. The summed E-state index contributed by atoms with van der Waals surface area (Å²) < 4.78 is 7.12. The fraction of sp³-hybridized carbons (Fsp3) is 0.182. The van der Waals surface area contributed by atoms with Gasteiger partial charge < -0.3 is 4.74 Å². The average molecular weight is 249 g/mol. The number of nitriles is 1. The van der Waals surface area contributed by atoms with Gasteiger partial charge in [-0.3, -0.25) is 4.68 Å². The lowest BCUT2D eigenvalue weighted by Crippen LogP contribution is -2.04. The maximum atomic E-state index is 8.70. The van der Waals surface area contributed by atoms with Crippen molar-refractivity contribution in [2.24, 2.45) is 7.05 Å². The van der Waals surface area contributed by atoms with Crippen LogP contribution in [0.3, 0.4) is 0 Å². The summed E-state index contributed by atoms with van der Waals surface area (Å²) in [6.07, 6.45) is 1.46. The molecule has 0 saturated carbocycles. The first-order valence-corrected chi connectivity index (χ1v) is 5.24. The maximum Gasteiger partial charge on any atom is 0.164 e. The summed E-state index contributed by atoms with van der Waals surface area (Å²) in [7, 11) is 1.78. The first-order valence-electron chi connectivity index (χ1n) is 4.86. The fourth-order valence-electron chi connectivity index (χ4n) is 1.28. The number of aryl methyl sites for hydroxylation is 1. The Morgan fingerprint density at radius 3 is 2.94 bits per heavy atom. The molecule has 0 aliphatic rings. The third kappa shape index (κ3) is 2.55. The number of rotatable bonds is 3. The van der Waals surface area contributed by atoms with Crippen LogP contribution in [0.15, 0.2) is 24.5 Å². The second-order valence-corrected chi connectivity index (χ2v) is 3.75. The number of halogens is 1. The number of benzene rings is 1. The molecule has 5 nitrogen and oxygen atoms in total. The fourth-order valence-corrected chi connectivity index (χ4v) is 1.52. The second-order valence-electron chi connectivity index (χ2n) is 3.35. The molecule has 0 bridgehead atoms. The Morgan fingerprint density at radius 2 is 2.35 bits per heavy atom. The summed E-state index contributed by atoms with van der Waals surface area (Å²) >= 11 is 5.97. The molecule has 1 aromatic heterocycles. The quantitative estimate of drug-likeness (QED) is 0.832. The predicted octanol–water partition coefficient (Wildman–Crippen LogP) is 1.92. The van der Waals surface area contributed by atoms with E-state index in [2.05, 4.69) is 10.1 Å². The van der Waals surface area contributed by atoms with E-state index < -0.39 is 0 Å². The van der Waals surface area contributed by atoms with Crippen LogP contribution in [0.5, 0.6) is 5.75 Å². The second kappa shape index (κ2) is 4.85. The van der Waals surface area contributed by atoms with E-state index in [4.69, 9.17) is 21.6 Å². The number of aromatic nitrogens is 3. The summed E-state index contributed by atoms with van der Waals surface area (Å²) in [6, 6.07) is 6.88. The van der Waals surface area contributed by atoms with Crippen LogP contribution in [-0.2, 0) is 13.7 Å². The maximum absolute atomic E-state index is 8.70. The van der Waals surface area contributed by atoms with Crippen LogP contribution < -0.4 is 4.74 Å². The Balaban J connectivity index is 2.10. The van der Waals surface area contributed by atoms with Crippen LogP contribution >= 0.6 is 11.6 Å². The minimum absolute atomic E-state index is 0.280. The van der Waals surface area contributed by atoms with E-state index in [1.165, 1.54) is 6.33 Å². The molecule has 0 unspecified atom stereocenters. The van der Waals surface area contributed by atoms with E-state index in [-0.39, 0.29) is 6.61 Å². The van der Waals surface area contributed by atoms with Gasteiger partial charge in [-0.1, -0.05) is 11.6 Å². The van der Waals surface area contributed by atoms with Gasteiger partial charge in [0, 0.05) is 7.05 Å². The van der Waals surface area contributed by atoms with Gasteiger partial charge in [0.2, 0.25) is 0 Å². The molecule has 2 aromatic rings. The lowest BCUT2D eigenvalue weighted by Gasteiger charge is -2.07. The van der Waals surface area contributed by atoms with Crippen molar-refractivity contribution in [2.45, 2.75) is 6.61 Å². The molecule has 17 heavy (non-hydrogen) atoms. The lowest BCUT2D eigenvalue weighted by molar-refractivity contribution is 0.290. The first kappa shape index (κ1) is 11.4. The Bertz CT molecular complexity index is 573. The zero-order chi connectivity index (χ0) is 12.3. The van der Waals surface area contributed by atoms with Crippen molar-refractivity contribution in [1.82, 2.24) is 14.8 Å². The molecule has 0 amide bonds. The standard InChI is InChI=1S/C11H9ClN4O/c1-16-11(14-7-15-16)6-17-10-3-2-8(5-13)4-9(10)12/h2-4,7H,6H2,1H3. The number of nitrogens with zero attached hydrogens (tertiary/aromatic N) is 4. The van der Waals surface area contributed by atoms with E-state index >= 15 is 0 Å². The van der Waals surface area contributed by atoms with E-state index in [1.807, 2.05) is 6.07 Å². The molecule has 1 aromatic carbocycles. The van der Waals surface area contributed by atoms with Crippen molar-refractivity contribution >= 4 is 11.6 Å². The van der Waals surface area contributed by atoms with Crippen LogP contribution in [0.25, 0.3) is 0 Å². The van der Waals surface area contributed by atoms with Crippen LogP contribution in [0.2, 0.25) is 5.02 Å². The van der Waals surface area contributed by atoms with Gasteiger partial charge in [-0.25, -0.2) is 4.98 Å². The van der Waals surface area contributed by atoms with Crippen molar-refractivity contribution in [3.8, 4) is 11.8 Å². The summed E-state index contributed by atoms with van der Waals surface area (Å²) in [4.78, 5) is 4.03. The molecular formula is C11H9ClN4O. The van der Waals surface area contributed by atoms with Gasteiger partial charge in [0.05, 0.1) is 16.7 Å². The topological polar surface area (TPSA) is 63.7 Å². The molecule has 0 spiro atoms. The molecule has 0 radical (unpaired) electrons. The smallest absolute Gasteiger partial charge is 0.164 e. The van der Waals surface area contributed by atoms with Crippen molar-refractivity contribution in [3.63, 3.8) is 0 Å². The van der Waals surface area contributed by atoms with Crippen LogP contribution in [0.4, 0.5) is 0 Å². The summed E-state index contributed by atoms with van der Waals surface area (Å²) in [6.45, 7) is 0.280. The average Bonchev–Trinajstić information content (AvgIpc) is 2.73. The molecule has 0 fully saturated rings. The molecule has 2 rings (SSSR count). The Hall–Kier alpha value is -2.06. The van der Waals surface area contributed by atoms with Crippen LogP contribution in [-0.4, -0.2) is 14.8 Å². The third-order valence-corrected chi connectivity index (χ3v) is 2.52. The minimum Gasteiger partial charge on any atom is -0.484 e. The molecule has 0 atom stereocenters. The highest BCUT2D eigenvalue weighted by Gasteiger charge is 2.05. The normalized spacial score (nSPS) is 9.94. The van der Waals surface area contributed by atoms with Crippen LogP contribution in [0.1, 0.15) is 11.4 Å². The molecule has 0 saturated heterocycles. The van der Waals surface area contributed by atoms with Gasteiger partial charge in [0.15, 0.2) is 5.82 Å². The summed E-state index contributed by atoms with van der Waals surface area (Å²) in [5.41, 5.74) is 0.501. The minimum atomic E-state index is 0.280. The van der Waals surface area contributed by atoms with Crippen LogP contribution in [0, 0.1) is 11.3 Å². The zero-order valence-electron chi connectivity index (χ0n) is 9.09. The van der Waals surface area contributed by atoms with Crippen molar-refractivity contribution in [2.75, 3.05) is 0 Å². The molecule has 6 heteroatoms. The van der Waals surface area contributed by atoms with E-state index in [0.29, 0.717) is 22.2 Å². The molecule has 1 heterocycles. The van der Waals surface area contributed by atoms with Crippen molar-refractivity contribution in [1.29, 1.82) is 5.26 Å². The molecular weight excluding hydrogens is 240 g/mol. The molecule has 0 aliphatic carbocycles. The lowest BCUT2D eigenvalue weighted by atomic mass is 10.2. The SMILES string of the molecule is Cn1ncnc1COc1ccc(C#N)cc1Cl. The zero-order valence-corrected chi connectivity index (χ0v) is 9.85. The number of hydrogen-bond acceptors (Lipinski definition) is 4. The summed E-state index contributed by atoms with van der Waals surface area (Å²) in [5, 5.41) is 13.0.